The highest BCUT2D eigenvalue weighted by Gasteiger charge is 2.03. The van der Waals surface area contributed by atoms with Crippen molar-refractivity contribution < 1.29 is 4.73 Å². The molecule has 0 bridgehead atoms. The zero-order valence-corrected chi connectivity index (χ0v) is 7.74. The lowest BCUT2D eigenvalue weighted by Gasteiger charge is -2.03. The minimum absolute atomic E-state index is 0.733. The van der Waals surface area contributed by atoms with E-state index in [0.29, 0.717) is 0 Å². The minimum Gasteiger partial charge on any atom is -0.618 e. The first-order valence-corrected chi connectivity index (χ1v) is 4.27. The minimum atomic E-state index is 0.733. The summed E-state index contributed by atoms with van der Waals surface area (Å²) in [5, 5.41) is 12.4. The van der Waals surface area contributed by atoms with Crippen LogP contribution in [0.2, 0.25) is 0 Å². The zero-order chi connectivity index (χ0) is 9.42. The van der Waals surface area contributed by atoms with Crippen LogP contribution in [-0.4, -0.2) is 0 Å². The van der Waals surface area contributed by atoms with Gasteiger partial charge in [0, 0.05) is 17.0 Å². The van der Waals surface area contributed by atoms with Gasteiger partial charge in [0.05, 0.1) is 0 Å². The molecule has 0 aliphatic heterocycles. The summed E-state index contributed by atoms with van der Waals surface area (Å²) < 4.78 is 0.921. The van der Waals surface area contributed by atoms with Crippen molar-refractivity contribution in [2.24, 2.45) is 0 Å². The third-order valence-electron chi connectivity index (χ3n) is 2.12. The number of aromatic nitrogens is 1. The normalized spacial score (nSPS) is 10.6. The molecule has 2 nitrogen and oxygen atoms in total. The van der Waals surface area contributed by atoms with Crippen LogP contribution in [-0.2, 0) is 0 Å². The molecule has 2 rings (SSSR count). The van der Waals surface area contributed by atoms with Gasteiger partial charge >= 0.3 is 0 Å². The van der Waals surface area contributed by atoms with Gasteiger partial charge in [-0.1, -0.05) is 11.6 Å². The second-order valence-electron chi connectivity index (χ2n) is 3.41. The quantitative estimate of drug-likeness (QED) is 0.442. The first kappa shape index (κ1) is 8.05. The maximum atomic E-state index is 11.4. The Labute approximate surface area is 77.0 Å². The Morgan fingerprint density at radius 1 is 1.08 bits per heavy atom. The number of pyridine rings is 1. The highest BCUT2D eigenvalue weighted by molar-refractivity contribution is 5.76. The molecule has 2 heteroatoms. The van der Waals surface area contributed by atoms with Crippen LogP contribution in [0.25, 0.3) is 10.9 Å². The lowest BCUT2D eigenvalue weighted by molar-refractivity contribution is -0.577. The van der Waals surface area contributed by atoms with Crippen LogP contribution in [0.15, 0.2) is 30.5 Å². The Balaban J connectivity index is 2.86. The van der Waals surface area contributed by atoms with Crippen molar-refractivity contribution in [3.05, 3.63) is 46.8 Å². The summed E-state index contributed by atoms with van der Waals surface area (Å²) in [5.74, 6) is 0. The molecule has 0 amide bonds. The first-order valence-electron chi connectivity index (χ1n) is 4.27. The predicted octanol–water partition coefficient (Wildman–Crippen LogP) is 2.09. The zero-order valence-electron chi connectivity index (χ0n) is 7.74. The van der Waals surface area contributed by atoms with Gasteiger partial charge in [0.15, 0.2) is 6.20 Å². The Morgan fingerprint density at radius 3 is 2.54 bits per heavy atom. The lowest BCUT2D eigenvalue weighted by atomic mass is 10.1. The Morgan fingerprint density at radius 2 is 1.77 bits per heavy atom. The molecule has 0 aliphatic carbocycles. The SMILES string of the molecule is Cc1ccc2c(c1)cc(C)c[n+]2[O-]. The molecule has 1 heterocycles. The van der Waals surface area contributed by atoms with E-state index in [1.54, 1.807) is 6.20 Å². The van der Waals surface area contributed by atoms with Crippen molar-refractivity contribution in [1.82, 2.24) is 0 Å². The predicted molar refractivity (Wildman–Crippen MR) is 52.4 cm³/mol. The van der Waals surface area contributed by atoms with Crippen molar-refractivity contribution in [3.8, 4) is 0 Å². The van der Waals surface area contributed by atoms with E-state index in [4.69, 9.17) is 0 Å². The number of fused-ring (bicyclic) bond motifs is 1. The van der Waals surface area contributed by atoms with E-state index >= 15 is 0 Å². The fourth-order valence-electron chi connectivity index (χ4n) is 1.53. The fourth-order valence-corrected chi connectivity index (χ4v) is 1.53. The molecular weight excluding hydrogens is 162 g/mol. The van der Waals surface area contributed by atoms with Crippen molar-refractivity contribution in [1.29, 1.82) is 0 Å². The van der Waals surface area contributed by atoms with Crippen LogP contribution >= 0.6 is 0 Å². The molecule has 0 saturated heterocycles. The summed E-state index contributed by atoms with van der Waals surface area (Å²) in [6.07, 6.45) is 1.59. The average molecular weight is 173 g/mol. The van der Waals surface area contributed by atoms with Crippen LogP contribution in [0.5, 0.6) is 0 Å². The third-order valence-corrected chi connectivity index (χ3v) is 2.12. The van der Waals surface area contributed by atoms with Gasteiger partial charge in [-0.15, -0.1) is 0 Å². The van der Waals surface area contributed by atoms with Gasteiger partial charge < -0.3 is 5.21 Å². The summed E-state index contributed by atoms with van der Waals surface area (Å²) in [6, 6.07) is 7.86. The molecule has 1 aromatic carbocycles. The summed E-state index contributed by atoms with van der Waals surface area (Å²) in [5.41, 5.74) is 2.90. The summed E-state index contributed by atoms with van der Waals surface area (Å²) in [6.45, 7) is 3.95. The average Bonchev–Trinajstić information content (AvgIpc) is 2.02. The summed E-state index contributed by atoms with van der Waals surface area (Å²) in [4.78, 5) is 0. The van der Waals surface area contributed by atoms with E-state index in [0.717, 1.165) is 21.2 Å². The Kier molecular flexibility index (Phi) is 1.69. The van der Waals surface area contributed by atoms with Crippen LogP contribution in [0.1, 0.15) is 11.1 Å². The topological polar surface area (TPSA) is 26.9 Å². The van der Waals surface area contributed by atoms with Crippen LogP contribution in [0.4, 0.5) is 0 Å². The van der Waals surface area contributed by atoms with Crippen LogP contribution in [0, 0.1) is 19.1 Å². The van der Waals surface area contributed by atoms with E-state index in [9.17, 15) is 5.21 Å². The third kappa shape index (κ3) is 1.35. The highest BCUT2D eigenvalue weighted by atomic mass is 16.5. The maximum absolute atomic E-state index is 11.4. The number of aryl methyl sites for hydroxylation is 2. The number of benzene rings is 1. The van der Waals surface area contributed by atoms with Crippen molar-refractivity contribution in [2.75, 3.05) is 0 Å². The van der Waals surface area contributed by atoms with E-state index < -0.39 is 0 Å². The molecule has 0 spiro atoms. The second-order valence-corrected chi connectivity index (χ2v) is 3.41. The molecule has 0 saturated carbocycles. The van der Waals surface area contributed by atoms with Crippen LogP contribution < -0.4 is 4.73 Å². The number of rotatable bonds is 0. The molecule has 13 heavy (non-hydrogen) atoms. The van der Waals surface area contributed by atoms with E-state index in [1.807, 2.05) is 38.1 Å². The van der Waals surface area contributed by atoms with E-state index in [1.165, 1.54) is 5.56 Å². The second kappa shape index (κ2) is 2.73. The lowest BCUT2D eigenvalue weighted by Crippen LogP contribution is -2.26. The molecule has 0 atom stereocenters. The number of hydrogen-bond donors (Lipinski definition) is 0. The molecular formula is C11H11NO. The molecule has 0 aliphatic rings. The first-order chi connectivity index (χ1) is 6.16. The molecule has 0 unspecified atom stereocenters. The van der Waals surface area contributed by atoms with E-state index in [-0.39, 0.29) is 0 Å². The molecule has 0 N–H and O–H groups in total. The number of hydrogen-bond acceptors (Lipinski definition) is 1. The van der Waals surface area contributed by atoms with Gasteiger partial charge in [-0.2, -0.15) is 4.73 Å². The van der Waals surface area contributed by atoms with Gasteiger partial charge in [0.25, 0.3) is 0 Å². The summed E-state index contributed by atoms with van der Waals surface area (Å²) in [7, 11) is 0. The summed E-state index contributed by atoms with van der Waals surface area (Å²) >= 11 is 0. The molecule has 0 radical (unpaired) electrons. The van der Waals surface area contributed by atoms with Crippen molar-refractivity contribution in [2.45, 2.75) is 13.8 Å². The fraction of sp³-hybridized carbons (Fsp3) is 0.182. The maximum Gasteiger partial charge on any atom is 0.223 e. The molecule has 66 valence electrons. The Hall–Kier alpha value is -1.57. The van der Waals surface area contributed by atoms with Gasteiger partial charge in [-0.3, -0.25) is 0 Å². The molecule has 1 aromatic heterocycles. The smallest absolute Gasteiger partial charge is 0.223 e. The monoisotopic (exact) mass is 173 g/mol. The molecule has 2 aromatic rings. The standard InChI is InChI=1S/C11H11NO/c1-8-3-4-11-10(5-8)6-9(2)7-12(11)13/h3-7H,1-2H3. The van der Waals surface area contributed by atoms with Gasteiger partial charge in [-0.05, 0) is 26.0 Å². The van der Waals surface area contributed by atoms with Gasteiger partial charge in [0.1, 0.15) is 0 Å². The van der Waals surface area contributed by atoms with Gasteiger partial charge in [0.2, 0.25) is 5.52 Å². The Bertz CT molecular complexity index is 458. The number of nitrogens with zero attached hydrogens (tertiary/aromatic N) is 1. The largest absolute Gasteiger partial charge is 0.618 e. The molecule has 0 fully saturated rings. The van der Waals surface area contributed by atoms with E-state index in [2.05, 4.69) is 0 Å². The van der Waals surface area contributed by atoms with Crippen molar-refractivity contribution in [3.63, 3.8) is 0 Å². The van der Waals surface area contributed by atoms with Crippen molar-refractivity contribution >= 4 is 10.9 Å². The van der Waals surface area contributed by atoms with Crippen LogP contribution in [0.3, 0.4) is 0 Å². The highest BCUT2D eigenvalue weighted by Crippen LogP contribution is 2.13. The van der Waals surface area contributed by atoms with Gasteiger partial charge in [-0.25, -0.2) is 0 Å².